The van der Waals surface area contributed by atoms with E-state index < -0.39 is 0 Å². The van der Waals surface area contributed by atoms with E-state index in [4.69, 9.17) is 9.84 Å². The largest absolute Gasteiger partial charge is 0.460 e. The van der Waals surface area contributed by atoms with Crippen molar-refractivity contribution in [3.63, 3.8) is 0 Å². The van der Waals surface area contributed by atoms with Crippen molar-refractivity contribution in [2.24, 2.45) is 0 Å². The Bertz CT molecular complexity index is 1280. The number of aliphatic hydroxyl groups excluding tert-OH is 1. The van der Waals surface area contributed by atoms with Gasteiger partial charge in [-0.05, 0) is 67.2 Å². The summed E-state index contributed by atoms with van der Waals surface area (Å²) >= 11 is 0. The number of carbonyl (C=O) groups is 1. The van der Waals surface area contributed by atoms with E-state index in [1.165, 1.54) is 12.0 Å². The minimum absolute atomic E-state index is 0.00247. The van der Waals surface area contributed by atoms with Gasteiger partial charge in [-0.2, -0.15) is 4.98 Å². The van der Waals surface area contributed by atoms with E-state index >= 15 is 0 Å². The summed E-state index contributed by atoms with van der Waals surface area (Å²) in [5.74, 6) is 1.26. The molecule has 2 heterocycles. The van der Waals surface area contributed by atoms with E-state index in [0.29, 0.717) is 30.4 Å². The first-order valence-corrected chi connectivity index (χ1v) is 12.8. The fourth-order valence-corrected chi connectivity index (χ4v) is 5.25. The Hall–Kier alpha value is -3.79. The molecule has 2 aromatic carbocycles. The Morgan fingerprint density at radius 2 is 1.89 bits per heavy atom. The van der Waals surface area contributed by atoms with E-state index in [-0.39, 0.29) is 41.7 Å². The molecule has 2 aliphatic rings. The van der Waals surface area contributed by atoms with Gasteiger partial charge in [0.25, 0.3) is 11.6 Å². The van der Waals surface area contributed by atoms with Crippen molar-refractivity contribution >= 4 is 11.6 Å². The van der Waals surface area contributed by atoms with Gasteiger partial charge in [0, 0.05) is 36.3 Å². The van der Waals surface area contributed by atoms with Crippen LogP contribution in [0.5, 0.6) is 6.01 Å². The number of nitro benzene ring substituents is 1. The maximum Gasteiger partial charge on any atom is 0.335 e. The van der Waals surface area contributed by atoms with Crippen LogP contribution in [0.25, 0.3) is 11.4 Å². The molecular formula is C27H31N5O5. The highest BCUT2D eigenvalue weighted by atomic mass is 16.6. The third-order valence-corrected chi connectivity index (χ3v) is 7.57. The Morgan fingerprint density at radius 3 is 2.51 bits per heavy atom. The molecule has 1 aromatic heterocycles. The van der Waals surface area contributed by atoms with E-state index in [2.05, 4.69) is 21.2 Å². The van der Waals surface area contributed by atoms with Crippen molar-refractivity contribution in [1.29, 1.82) is 0 Å². The number of ether oxygens (including phenoxy) is 1. The third kappa shape index (κ3) is 5.20. The number of non-ortho nitro benzene ring substituents is 1. The minimum atomic E-state index is -0.389. The standard InChI is InChI=1S/C27H31N5O5/c1-17-15-23(20-3-2-4-20)24(25-28-27(30-29-25)37-14-13-33)16-22(17)26(34)31-11-9-19(10-12-31)18-5-7-21(8-6-18)32(35)36/h5-8,15-16,19-20,33H,2-4,9-14H2,1H3,(H,28,29,30). The summed E-state index contributed by atoms with van der Waals surface area (Å²) in [6.07, 6.45) is 5.02. The van der Waals surface area contributed by atoms with Crippen molar-refractivity contribution in [1.82, 2.24) is 20.1 Å². The fourth-order valence-electron chi connectivity index (χ4n) is 5.25. The average Bonchev–Trinajstić information content (AvgIpc) is 3.35. The Labute approximate surface area is 214 Å². The van der Waals surface area contributed by atoms with Crippen molar-refractivity contribution in [3.05, 3.63) is 68.8 Å². The molecule has 1 aliphatic carbocycles. The van der Waals surface area contributed by atoms with Gasteiger partial charge < -0.3 is 14.7 Å². The number of carbonyl (C=O) groups excluding carboxylic acids is 1. The molecule has 1 amide bonds. The highest BCUT2D eigenvalue weighted by molar-refractivity contribution is 5.97. The minimum Gasteiger partial charge on any atom is -0.460 e. The summed E-state index contributed by atoms with van der Waals surface area (Å²) in [7, 11) is 0. The van der Waals surface area contributed by atoms with Gasteiger partial charge in [0.15, 0.2) is 5.82 Å². The molecule has 1 aliphatic heterocycles. The lowest BCUT2D eigenvalue weighted by atomic mass is 9.77. The van der Waals surface area contributed by atoms with Crippen molar-refractivity contribution in [2.75, 3.05) is 26.3 Å². The zero-order chi connectivity index (χ0) is 25.9. The number of benzene rings is 2. The fraction of sp³-hybridized carbons (Fsp3) is 0.444. The van der Waals surface area contributed by atoms with Crippen molar-refractivity contribution in [3.8, 4) is 17.4 Å². The maximum absolute atomic E-state index is 13.6. The van der Waals surface area contributed by atoms with Crippen LogP contribution in [0.1, 0.15) is 71.0 Å². The zero-order valence-electron chi connectivity index (χ0n) is 20.9. The van der Waals surface area contributed by atoms with Gasteiger partial charge in [0.1, 0.15) is 6.61 Å². The first-order chi connectivity index (χ1) is 17.9. The normalized spacial score (nSPS) is 16.4. The molecule has 0 spiro atoms. The second-order valence-electron chi connectivity index (χ2n) is 9.84. The molecule has 1 saturated heterocycles. The van der Waals surface area contributed by atoms with Gasteiger partial charge in [-0.25, -0.2) is 0 Å². The van der Waals surface area contributed by atoms with E-state index in [0.717, 1.165) is 42.4 Å². The van der Waals surface area contributed by atoms with Crippen LogP contribution in [0.15, 0.2) is 36.4 Å². The number of hydrogen-bond donors (Lipinski definition) is 2. The smallest absolute Gasteiger partial charge is 0.335 e. The van der Waals surface area contributed by atoms with Gasteiger partial charge in [-0.3, -0.25) is 20.0 Å². The highest BCUT2D eigenvalue weighted by Gasteiger charge is 2.29. The number of nitrogens with zero attached hydrogens (tertiary/aromatic N) is 4. The van der Waals surface area contributed by atoms with Crippen molar-refractivity contribution < 1.29 is 19.6 Å². The number of amides is 1. The predicted molar refractivity (Wildman–Crippen MR) is 137 cm³/mol. The maximum atomic E-state index is 13.6. The summed E-state index contributed by atoms with van der Waals surface area (Å²) in [6, 6.07) is 11.0. The summed E-state index contributed by atoms with van der Waals surface area (Å²) in [6.45, 7) is 3.22. The molecule has 0 atom stereocenters. The predicted octanol–water partition coefficient (Wildman–Crippen LogP) is 4.35. The van der Waals surface area contributed by atoms with Crippen molar-refractivity contribution in [2.45, 2.75) is 50.9 Å². The molecule has 0 radical (unpaired) electrons. The molecule has 1 saturated carbocycles. The van der Waals surface area contributed by atoms with Crippen LogP contribution in [-0.4, -0.2) is 62.3 Å². The molecule has 10 heteroatoms. The molecule has 194 valence electrons. The lowest BCUT2D eigenvalue weighted by Crippen LogP contribution is -2.38. The lowest BCUT2D eigenvalue weighted by Gasteiger charge is -2.33. The topological polar surface area (TPSA) is 134 Å². The number of nitrogens with one attached hydrogen (secondary N) is 1. The van der Waals surface area contributed by atoms with Crippen LogP contribution in [0.3, 0.4) is 0 Å². The summed E-state index contributed by atoms with van der Waals surface area (Å²) < 4.78 is 5.35. The van der Waals surface area contributed by atoms with Crippen LogP contribution in [-0.2, 0) is 0 Å². The first-order valence-electron chi connectivity index (χ1n) is 12.8. The van der Waals surface area contributed by atoms with Crippen LogP contribution < -0.4 is 4.74 Å². The number of rotatable bonds is 8. The number of aryl methyl sites for hydroxylation is 1. The Balaban J connectivity index is 1.34. The Morgan fingerprint density at radius 1 is 1.16 bits per heavy atom. The number of H-pyrrole nitrogens is 1. The molecule has 0 bridgehead atoms. The van der Waals surface area contributed by atoms with Gasteiger partial charge in [-0.15, -0.1) is 5.10 Å². The van der Waals surface area contributed by atoms with Crippen LogP contribution >= 0.6 is 0 Å². The molecule has 37 heavy (non-hydrogen) atoms. The summed E-state index contributed by atoms with van der Waals surface area (Å²) in [4.78, 5) is 30.5. The van der Waals surface area contributed by atoms with Gasteiger partial charge in [0.2, 0.25) is 0 Å². The van der Waals surface area contributed by atoms with Crippen LogP contribution in [0.4, 0.5) is 5.69 Å². The number of hydrogen-bond acceptors (Lipinski definition) is 7. The number of aromatic amines is 1. The zero-order valence-corrected chi connectivity index (χ0v) is 20.9. The number of aliphatic hydroxyl groups is 1. The SMILES string of the molecule is Cc1cc(C2CCC2)c(-c2nc(OCCO)n[nH]2)cc1C(=O)N1CCC(c2ccc([N+](=O)[O-])cc2)CC1. The number of aromatic nitrogens is 3. The van der Waals surface area contributed by atoms with Gasteiger partial charge >= 0.3 is 6.01 Å². The quantitative estimate of drug-likeness (QED) is 0.343. The summed E-state index contributed by atoms with van der Waals surface area (Å²) in [5, 5.41) is 27.0. The van der Waals surface area contributed by atoms with Gasteiger partial charge in [0.05, 0.1) is 11.5 Å². The number of piperidine rings is 1. The third-order valence-electron chi connectivity index (χ3n) is 7.57. The number of nitro groups is 1. The summed E-state index contributed by atoms with van der Waals surface area (Å²) in [5.41, 5.74) is 4.80. The molecule has 5 rings (SSSR count). The first kappa shape index (κ1) is 24.9. The van der Waals surface area contributed by atoms with Crippen LogP contribution in [0.2, 0.25) is 0 Å². The van der Waals surface area contributed by atoms with E-state index in [1.807, 2.05) is 30.0 Å². The van der Waals surface area contributed by atoms with E-state index in [1.54, 1.807) is 12.1 Å². The molecule has 2 fully saturated rings. The molecule has 10 nitrogen and oxygen atoms in total. The Kier molecular flexibility index (Phi) is 7.18. The average molecular weight is 506 g/mol. The second-order valence-corrected chi connectivity index (χ2v) is 9.84. The molecule has 2 N–H and O–H groups in total. The molecule has 3 aromatic rings. The monoisotopic (exact) mass is 505 g/mol. The van der Waals surface area contributed by atoms with Gasteiger partial charge in [-0.1, -0.05) is 24.6 Å². The second kappa shape index (κ2) is 10.7. The lowest BCUT2D eigenvalue weighted by molar-refractivity contribution is -0.384. The molecule has 0 unspecified atom stereocenters. The number of likely N-dealkylation sites (tertiary alicyclic amines) is 1. The molecular weight excluding hydrogens is 474 g/mol. The van der Waals surface area contributed by atoms with E-state index in [9.17, 15) is 14.9 Å². The highest BCUT2D eigenvalue weighted by Crippen LogP contribution is 2.42. The van der Waals surface area contributed by atoms with Crippen LogP contribution in [0, 0.1) is 17.0 Å².